The highest BCUT2D eigenvalue weighted by Gasteiger charge is 2.18. The van der Waals surface area contributed by atoms with Gasteiger partial charge in [0.05, 0.1) is 0 Å². The zero-order valence-electron chi connectivity index (χ0n) is 12.2. The maximum atomic E-state index is 3.65. The summed E-state index contributed by atoms with van der Waals surface area (Å²) in [6, 6.07) is 11.4. The molecule has 2 nitrogen and oxygen atoms in total. The molecule has 1 saturated heterocycles. The van der Waals surface area contributed by atoms with Crippen molar-refractivity contribution in [3.8, 4) is 0 Å². The third kappa shape index (κ3) is 5.17. The van der Waals surface area contributed by atoms with E-state index in [-0.39, 0.29) is 0 Å². The topological polar surface area (TPSA) is 15.3 Å². The Morgan fingerprint density at radius 2 is 2.11 bits per heavy atom. The van der Waals surface area contributed by atoms with E-state index >= 15 is 0 Å². The summed E-state index contributed by atoms with van der Waals surface area (Å²) in [7, 11) is 0. The Morgan fingerprint density at radius 3 is 2.84 bits per heavy atom. The standard InChI is InChI=1S/C17H26N2/c1-15(2)10-11-18-17-9-6-12-19(14-17)13-16-7-4-3-5-8-16/h3-5,7-8,10,17-18H,6,9,11-14H2,1-2H3. The van der Waals surface area contributed by atoms with E-state index in [0.29, 0.717) is 6.04 Å². The molecule has 1 atom stereocenters. The second-order valence-corrected chi connectivity index (χ2v) is 5.75. The molecule has 1 aromatic carbocycles. The summed E-state index contributed by atoms with van der Waals surface area (Å²) in [5, 5.41) is 3.65. The van der Waals surface area contributed by atoms with Crippen LogP contribution in [0, 0.1) is 0 Å². The molecule has 1 aliphatic heterocycles. The minimum Gasteiger partial charge on any atom is -0.309 e. The zero-order chi connectivity index (χ0) is 13.5. The van der Waals surface area contributed by atoms with Gasteiger partial charge in [0.25, 0.3) is 0 Å². The molecule has 1 aliphatic rings. The van der Waals surface area contributed by atoms with Crippen LogP contribution in [-0.2, 0) is 6.54 Å². The minimum absolute atomic E-state index is 0.646. The third-order valence-electron chi connectivity index (χ3n) is 3.67. The van der Waals surface area contributed by atoms with E-state index in [2.05, 4.69) is 60.5 Å². The Morgan fingerprint density at radius 1 is 1.32 bits per heavy atom. The zero-order valence-corrected chi connectivity index (χ0v) is 12.2. The van der Waals surface area contributed by atoms with Gasteiger partial charge in [0.2, 0.25) is 0 Å². The molecule has 19 heavy (non-hydrogen) atoms. The van der Waals surface area contributed by atoms with Crippen LogP contribution in [0.5, 0.6) is 0 Å². The molecule has 0 radical (unpaired) electrons. The highest BCUT2D eigenvalue weighted by molar-refractivity contribution is 5.14. The monoisotopic (exact) mass is 258 g/mol. The lowest BCUT2D eigenvalue weighted by Crippen LogP contribution is -2.45. The van der Waals surface area contributed by atoms with Crippen LogP contribution in [0.25, 0.3) is 0 Å². The molecule has 0 aromatic heterocycles. The van der Waals surface area contributed by atoms with Crippen molar-refractivity contribution in [3.05, 3.63) is 47.5 Å². The van der Waals surface area contributed by atoms with Crippen LogP contribution in [-0.4, -0.2) is 30.6 Å². The van der Waals surface area contributed by atoms with Crippen molar-refractivity contribution in [1.82, 2.24) is 10.2 Å². The van der Waals surface area contributed by atoms with E-state index in [0.717, 1.165) is 13.1 Å². The summed E-state index contributed by atoms with van der Waals surface area (Å²) < 4.78 is 0. The molecule has 2 rings (SSSR count). The van der Waals surface area contributed by atoms with Gasteiger partial charge in [0.15, 0.2) is 0 Å². The van der Waals surface area contributed by atoms with Crippen LogP contribution in [0.15, 0.2) is 42.0 Å². The first kappa shape index (κ1) is 14.3. The fourth-order valence-electron chi connectivity index (χ4n) is 2.64. The molecule has 1 aromatic rings. The quantitative estimate of drug-likeness (QED) is 0.816. The van der Waals surface area contributed by atoms with Crippen molar-refractivity contribution in [2.45, 2.75) is 39.3 Å². The number of hydrogen-bond acceptors (Lipinski definition) is 2. The molecule has 1 heterocycles. The van der Waals surface area contributed by atoms with E-state index in [1.807, 2.05) is 0 Å². The van der Waals surface area contributed by atoms with E-state index < -0.39 is 0 Å². The van der Waals surface area contributed by atoms with Crippen LogP contribution < -0.4 is 5.32 Å². The first-order valence-corrected chi connectivity index (χ1v) is 7.37. The van der Waals surface area contributed by atoms with Crippen molar-refractivity contribution in [1.29, 1.82) is 0 Å². The molecule has 0 bridgehead atoms. The number of nitrogens with zero attached hydrogens (tertiary/aromatic N) is 1. The molecular weight excluding hydrogens is 232 g/mol. The largest absolute Gasteiger partial charge is 0.309 e. The van der Waals surface area contributed by atoms with Gasteiger partial charge in [-0.1, -0.05) is 42.0 Å². The second kappa shape index (κ2) is 7.46. The van der Waals surface area contributed by atoms with E-state index in [9.17, 15) is 0 Å². The van der Waals surface area contributed by atoms with Crippen molar-refractivity contribution >= 4 is 0 Å². The Balaban J connectivity index is 1.79. The first-order valence-electron chi connectivity index (χ1n) is 7.37. The summed E-state index contributed by atoms with van der Waals surface area (Å²) in [4.78, 5) is 2.57. The van der Waals surface area contributed by atoms with Crippen molar-refractivity contribution < 1.29 is 0 Å². The van der Waals surface area contributed by atoms with Gasteiger partial charge in [0, 0.05) is 25.7 Å². The minimum atomic E-state index is 0.646. The average Bonchev–Trinajstić information content (AvgIpc) is 2.40. The van der Waals surface area contributed by atoms with Crippen molar-refractivity contribution in [2.24, 2.45) is 0 Å². The predicted molar refractivity (Wildman–Crippen MR) is 82.2 cm³/mol. The van der Waals surface area contributed by atoms with Gasteiger partial charge in [-0.15, -0.1) is 0 Å². The van der Waals surface area contributed by atoms with Crippen molar-refractivity contribution in [2.75, 3.05) is 19.6 Å². The predicted octanol–water partition coefficient (Wildman–Crippen LogP) is 3.21. The number of allylic oxidation sites excluding steroid dienone is 1. The van der Waals surface area contributed by atoms with E-state index in [1.165, 1.54) is 37.1 Å². The fraction of sp³-hybridized carbons (Fsp3) is 0.529. The van der Waals surface area contributed by atoms with Crippen LogP contribution in [0.2, 0.25) is 0 Å². The van der Waals surface area contributed by atoms with Gasteiger partial charge in [-0.2, -0.15) is 0 Å². The van der Waals surface area contributed by atoms with Crippen LogP contribution in [0.3, 0.4) is 0 Å². The molecule has 104 valence electrons. The molecule has 1 fully saturated rings. The highest BCUT2D eigenvalue weighted by Crippen LogP contribution is 2.13. The van der Waals surface area contributed by atoms with Gasteiger partial charge < -0.3 is 5.32 Å². The number of nitrogens with one attached hydrogen (secondary N) is 1. The summed E-state index contributed by atoms with van der Waals surface area (Å²) in [5.74, 6) is 0. The molecule has 0 aliphatic carbocycles. The normalized spacial score (nSPS) is 20.2. The Hall–Kier alpha value is -1.12. The van der Waals surface area contributed by atoms with Gasteiger partial charge in [0.1, 0.15) is 0 Å². The maximum Gasteiger partial charge on any atom is 0.0234 e. The molecule has 0 spiro atoms. The van der Waals surface area contributed by atoms with Gasteiger partial charge in [-0.25, -0.2) is 0 Å². The van der Waals surface area contributed by atoms with Gasteiger partial charge >= 0.3 is 0 Å². The maximum absolute atomic E-state index is 3.65. The SMILES string of the molecule is CC(C)=CCNC1CCCN(Cc2ccccc2)C1. The Bertz CT molecular complexity index is 393. The number of likely N-dealkylation sites (tertiary alicyclic amines) is 1. The highest BCUT2D eigenvalue weighted by atomic mass is 15.2. The number of hydrogen-bond donors (Lipinski definition) is 1. The number of rotatable bonds is 5. The van der Waals surface area contributed by atoms with E-state index in [1.54, 1.807) is 0 Å². The van der Waals surface area contributed by atoms with Gasteiger partial charge in [-0.05, 0) is 38.8 Å². The lowest BCUT2D eigenvalue weighted by Gasteiger charge is -2.33. The number of piperidine rings is 1. The third-order valence-corrected chi connectivity index (χ3v) is 3.67. The van der Waals surface area contributed by atoms with E-state index in [4.69, 9.17) is 0 Å². The Labute approximate surface area is 117 Å². The van der Waals surface area contributed by atoms with Crippen LogP contribution in [0.4, 0.5) is 0 Å². The molecule has 0 amide bonds. The number of benzene rings is 1. The summed E-state index contributed by atoms with van der Waals surface area (Å²) >= 11 is 0. The first-order chi connectivity index (χ1) is 9.24. The summed E-state index contributed by atoms with van der Waals surface area (Å²) in [6.45, 7) is 8.81. The molecule has 1 N–H and O–H groups in total. The smallest absolute Gasteiger partial charge is 0.0234 e. The lowest BCUT2D eigenvalue weighted by atomic mass is 10.0. The summed E-state index contributed by atoms with van der Waals surface area (Å²) in [6.07, 6.45) is 4.89. The molecule has 2 heteroatoms. The average molecular weight is 258 g/mol. The molecule has 1 unspecified atom stereocenters. The molecular formula is C17H26N2. The van der Waals surface area contributed by atoms with Gasteiger partial charge in [-0.3, -0.25) is 4.90 Å². The molecule has 0 saturated carbocycles. The van der Waals surface area contributed by atoms with Crippen LogP contribution >= 0.6 is 0 Å². The lowest BCUT2D eigenvalue weighted by molar-refractivity contribution is 0.185. The second-order valence-electron chi connectivity index (χ2n) is 5.75. The van der Waals surface area contributed by atoms with Crippen LogP contribution in [0.1, 0.15) is 32.3 Å². The summed E-state index contributed by atoms with van der Waals surface area (Å²) in [5.41, 5.74) is 2.82. The fourth-order valence-corrected chi connectivity index (χ4v) is 2.64. The Kier molecular flexibility index (Phi) is 5.62. The van der Waals surface area contributed by atoms with Crippen molar-refractivity contribution in [3.63, 3.8) is 0 Å².